The van der Waals surface area contributed by atoms with E-state index in [0.717, 1.165) is 12.1 Å². The van der Waals surface area contributed by atoms with Gasteiger partial charge >= 0.3 is 6.18 Å². The fraction of sp³-hybridized carbons (Fsp3) is 0.250. The van der Waals surface area contributed by atoms with Crippen LogP contribution in [0.5, 0.6) is 0 Å². The van der Waals surface area contributed by atoms with Crippen molar-refractivity contribution in [2.24, 2.45) is 0 Å². The van der Waals surface area contributed by atoms with Crippen LogP contribution >= 0.6 is 0 Å². The van der Waals surface area contributed by atoms with Crippen LogP contribution in [0, 0.1) is 0 Å². The average molecular weight is 255 g/mol. The van der Waals surface area contributed by atoms with Gasteiger partial charge in [0.2, 0.25) is 0 Å². The second kappa shape index (κ2) is 4.36. The van der Waals surface area contributed by atoms with Gasteiger partial charge < -0.3 is 5.73 Å². The Morgan fingerprint density at radius 2 is 2.06 bits per heavy atom. The van der Waals surface area contributed by atoms with Gasteiger partial charge in [0.05, 0.1) is 23.1 Å². The molecule has 0 amide bonds. The minimum absolute atomic E-state index is 0.371. The van der Waals surface area contributed by atoms with E-state index in [1.807, 2.05) is 6.92 Å². The molecule has 2 rings (SSSR count). The third kappa shape index (κ3) is 2.18. The third-order valence-corrected chi connectivity index (χ3v) is 2.63. The van der Waals surface area contributed by atoms with Gasteiger partial charge in [-0.1, -0.05) is 12.1 Å². The lowest BCUT2D eigenvalue weighted by molar-refractivity contribution is -0.137. The maximum atomic E-state index is 12.6. The van der Waals surface area contributed by atoms with E-state index in [4.69, 9.17) is 5.73 Å². The standard InChI is InChI=1S/C12H12F3N3/c1-2-18-11(10(16)7-17-18)8-4-3-5-9(6-8)12(13,14)15/h3-7H,2,16H2,1H3. The summed E-state index contributed by atoms with van der Waals surface area (Å²) in [6.07, 6.45) is -2.92. The number of halogens is 3. The van der Waals surface area contributed by atoms with Crippen molar-refractivity contribution >= 4 is 5.69 Å². The zero-order valence-corrected chi connectivity index (χ0v) is 9.70. The number of rotatable bonds is 2. The van der Waals surface area contributed by atoms with Crippen molar-refractivity contribution in [3.05, 3.63) is 36.0 Å². The van der Waals surface area contributed by atoms with Crippen LogP contribution in [0.3, 0.4) is 0 Å². The summed E-state index contributed by atoms with van der Waals surface area (Å²) in [4.78, 5) is 0. The van der Waals surface area contributed by atoms with Crippen LogP contribution in [0.1, 0.15) is 12.5 Å². The Bertz CT molecular complexity index is 558. The molecule has 0 saturated heterocycles. The Balaban J connectivity index is 2.55. The van der Waals surface area contributed by atoms with E-state index in [2.05, 4.69) is 5.10 Å². The highest BCUT2D eigenvalue weighted by molar-refractivity contribution is 5.73. The van der Waals surface area contributed by atoms with Crippen molar-refractivity contribution in [3.63, 3.8) is 0 Å². The van der Waals surface area contributed by atoms with Crippen molar-refractivity contribution in [2.75, 3.05) is 5.73 Å². The van der Waals surface area contributed by atoms with Crippen LogP contribution in [0.2, 0.25) is 0 Å². The fourth-order valence-corrected chi connectivity index (χ4v) is 1.80. The first kappa shape index (κ1) is 12.5. The number of aromatic nitrogens is 2. The maximum absolute atomic E-state index is 12.6. The highest BCUT2D eigenvalue weighted by Gasteiger charge is 2.30. The zero-order valence-electron chi connectivity index (χ0n) is 9.70. The summed E-state index contributed by atoms with van der Waals surface area (Å²) in [7, 11) is 0. The third-order valence-electron chi connectivity index (χ3n) is 2.63. The molecule has 0 radical (unpaired) electrons. The largest absolute Gasteiger partial charge is 0.416 e. The molecule has 0 spiro atoms. The molecule has 0 bridgehead atoms. The second-order valence-electron chi connectivity index (χ2n) is 3.84. The first-order chi connectivity index (χ1) is 8.43. The van der Waals surface area contributed by atoms with Gasteiger partial charge in [0.1, 0.15) is 0 Å². The van der Waals surface area contributed by atoms with Gasteiger partial charge in [-0.25, -0.2) is 0 Å². The van der Waals surface area contributed by atoms with Crippen LogP contribution in [0.15, 0.2) is 30.5 Å². The summed E-state index contributed by atoms with van der Waals surface area (Å²) < 4.78 is 39.5. The SMILES string of the molecule is CCn1ncc(N)c1-c1cccc(C(F)(F)F)c1. The van der Waals surface area contributed by atoms with Gasteiger partial charge in [0, 0.05) is 12.1 Å². The van der Waals surface area contributed by atoms with Gasteiger partial charge in [0.15, 0.2) is 0 Å². The minimum atomic E-state index is -4.36. The quantitative estimate of drug-likeness (QED) is 0.895. The van der Waals surface area contributed by atoms with Crippen LogP contribution < -0.4 is 5.73 Å². The van der Waals surface area contributed by atoms with E-state index >= 15 is 0 Å². The molecular weight excluding hydrogens is 243 g/mol. The number of aryl methyl sites for hydroxylation is 1. The number of anilines is 1. The molecule has 96 valence electrons. The fourth-order valence-electron chi connectivity index (χ4n) is 1.80. The van der Waals surface area contributed by atoms with Gasteiger partial charge in [-0.15, -0.1) is 0 Å². The molecular formula is C12H12F3N3. The molecule has 0 atom stereocenters. The minimum Gasteiger partial charge on any atom is -0.396 e. The van der Waals surface area contributed by atoms with Crippen molar-refractivity contribution < 1.29 is 13.2 Å². The van der Waals surface area contributed by atoms with E-state index in [1.165, 1.54) is 12.3 Å². The molecule has 0 unspecified atom stereocenters. The summed E-state index contributed by atoms with van der Waals surface area (Å²) in [6, 6.07) is 5.07. The van der Waals surface area contributed by atoms with Crippen molar-refractivity contribution in [1.82, 2.24) is 9.78 Å². The molecule has 2 aromatic rings. The summed E-state index contributed by atoms with van der Waals surface area (Å²) in [5.74, 6) is 0. The zero-order chi connectivity index (χ0) is 13.3. The molecule has 0 fully saturated rings. The first-order valence-corrected chi connectivity index (χ1v) is 5.42. The summed E-state index contributed by atoms with van der Waals surface area (Å²) in [6.45, 7) is 2.40. The van der Waals surface area contributed by atoms with Crippen molar-refractivity contribution in [2.45, 2.75) is 19.6 Å². The number of benzene rings is 1. The Morgan fingerprint density at radius 3 is 2.67 bits per heavy atom. The maximum Gasteiger partial charge on any atom is 0.416 e. The molecule has 2 N–H and O–H groups in total. The van der Waals surface area contributed by atoms with E-state index < -0.39 is 11.7 Å². The lowest BCUT2D eigenvalue weighted by Gasteiger charge is -2.10. The van der Waals surface area contributed by atoms with E-state index in [0.29, 0.717) is 23.5 Å². The predicted octanol–water partition coefficient (Wildman–Crippen LogP) is 3.17. The van der Waals surface area contributed by atoms with Gasteiger partial charge in [-0.3, -0.25) is 4.68 Å². The monoisotopic (exact) mass is 255 g/mol. The van der Waals surface area contributed by atoms with E-state index in [1.54, 1.807) is 10.7 Å². The molecule has 3 nitrogen and oxygen atoms in total. The topological polar surface area (TPSA) is 43.8 Å². The second-order valence-corrected chi connectivity index (χ2v) is 3.84. The number of hydrogen-bond donors (Lipinski definition) is 1. The predicted molar refractivity (Wildman–Crippen MR) is 62.8 cm³/mol. The first-order valence-electron chi connectivity index (χ1n) is 5.42. The van der Waals surface area contributed by atoms with Gasteiger partial charge in [-0.2, -0.15) is 18.3 Å². The number of nitrogens with zero attached hydrogens (tertiary/aromatic N) is 2. The van der Waals surface area contributed by atoms with Crippen molar-refractivity contribution in [1.29, 1.82) is 0 Å². The number of alkyl halides is 3. The highest BCUT2D eigenvalue weighted by Crippen LogP contribution is 2.33. The summed E-state index contributed by atoms with van der Waals surface area (Å²) >= 11 is 0. The molecule has 18 heavy (non-hydrogen) atoms. The Labute approximate surface area is 102 Å². The van der Waals surface area contributed by atoms with E-state index in [-0.39, 0.29) is 0 Å². The smallest absolute Gasteiger partial charge is 0.396 e. The number of hydrogen-bond acceptors (Lipinski definition) is 2. The van der Waals surface area contributed by atoms with Gasteiger partial charge in [0.25, 0.3) is 0 Å². The molecule has 0 aliphatic heterocycles. The summed E-state index contributed by atoms with van der Waals surface area (Å²) in [5, 5.41) is 4.01. The molecule has 6 heteroatoms. The van der Waals surface area contributed by atoms with Gasteiger partial charge in [-0.05, 0) is 19.1 Å². The Morgan fingerprint density at radius 1 is 1.33 bits per heavy atom. The highest BCUT2D eigenvalue weighted by atomic mass is 19.4. The van der Waals surface area contributed by atoms with Crippen LogP contribution in [0.4, 0.5) is 18.9 Å². The lowest BCUT2D eigenvalue weighted by Crippen LogP contribution is -2.06. The van der Waals surface area contributed by atoms with E-state index in [9.17, 15) is 13.2 Å². The molecule has 0 saturated carbocycles. The van der Waals surface area contributed by atoms with Crippen LogP contribution in [0.25, 0.3) is 11.3 Å². The summed E-state index contributed by atoms with van der Waals surface area (Å²) in [5.41, 5.74) is 6.36. The van der Waals surface area contributed by atoms with Crippen LogP contribution in [-0.4, -0.2) is 9.78 Å². The lowest BCUT2D eigenvalue weighted by atomic mass is 10.1. The average Bonchev–Trinajstić information content (AvgIpc) is 2.69. The molecule has 1 aromatic heterocycles. The number of nitrogens with two attached hydrogens (primary N) is 1. The molecule has 1 aromatic carbocycles. The normalized spacial score (nSPS) is 11.8. The molecule has 0 aliphatic carbocycles. The Hall–Kier alpha value is -1.98. The number of nitrogen functional groups attached to an aromatic ring is 1. The Kier molecular flexibility index (Phi) is 3.02. The van der Waals surface area contributed by atoms with Crippen molar-refractivity contribution in [3.8, 4) is 11.3 Å². The molecule has 1 heterocycles. The molecule has 0 aliphatic rings. The van der Waals surface area contributed by atoms with Crippen LogP contribution in [-0.2, 0) is 12.7 Å².